The molecular weight excluding hydrogens is 428 g/mol. The van der Waals surface area contributed by atoms with Crippen LogP contribution in [0.15, 0.2) is 35.1 Å². The quantitative estimate of drug-likeness (QED) is 0.462. The summed E-state index contributed by atoms with van der Waals surface area (Å²) in [6, 6.07) is 3.95. The van der Waals surface area contributed by atoms with E-state index >= 15 is 0 Å². The van der Waals surface area contributed by atoms with E-state index in [1.165, 1.54) is 6.20 Å². The van der Waals surface area contributed by atoms with Crippen LogP contribution < -0.4 is 15.1 Å². The minimum absolute atomic E-state index is 0.342. The molecule has 4 aromatic heterocycles. The second-order valence-corrected chi connectivity index (χ2v) is 8.07. The molecule has 0 aliphatic carbocycles. The Morgan fingerprint density at radius 1 is 1.18 bits per heavy atom. The Hall–Kier alpha value is -3.77. The highest BCUT2D eigenvalue weighted by Crippen LogP contribution is 2.33. The zero-order valence-corrected chi connectivity index (χ0v) is 17.7. The molecule has 0 radical (unpaired) electrons. The van der Waals surface area contributed by atoms with Gasteiger partial charge in [0.2, 0.25) is 5.65 Å². The summed E-state index contributed by atoms with van der Waals surface area (Å²) in [6.07, 6.45) is 5.00. The number of aliphatic hydroxyl groups excluding tert-OH is 1. The third-order valence-electron chi connectivity index (χ3n) is 5.87. The summed E-state index contributed by atoms with van der Waals surface area (Å²) >= 11 is 0. The van der Waals surface area contributed by atoms with E-state index in [-0.39, 0.29) is 5.91 Å². The zero-order chi connectivity index (χ0) is 22.4. The lowest BCUT2D eigenvalue weighted by Gasteiger charge is -2.24. The molecular formula is C21H22N8O4. The molecule has 0 bridgehead atoms. The Kier molecular flexibility index (Phi) is 4.80. The van der Waals surface area contributed by atoms with Crippen molar-refractivity contribution in [1.29, 1.82) is 0 Å². The highest BCUT2D eigenvalue weighted by Gasteiger charge is 2.27. The molecule has 6 rings (SSSR count). The molecule has 1 atom stereocenters. The van der Waals surface area contributed by atoms with Gasteiger partial charge >= 0.3 is 0 Å². The molecule has 2 fully saturated rings. The van der Waals surface area contributed by atoms with Crippen molar-refractivity contribution in [3.05, 3.63) is 36.3 Å². The number of pyridine rings is 1. The number of nitrogens with zero attached hydrogens (tertiary/aromatic N) is 7. The minimum Gasteiger partial charge on any atom is -0.422 e. The topological polar surface area (TPSA) is 134 Å². The van der Waals surface area contributed by atoms with Gasteiger partial charge in [0.15, 0.2) is 17.0 Å². The highest BCUT2D eigenvalue weighted by atomic mass is 16.5. The van der Waals surface area contributed by atoms with Gasteiger partial charge in [-0.3, -0.25) is 4.79 Å². The number of morpholine rings is 1. The Morgan fingerprint density at radius 3 is 2.88 bits per heavy atom. The Labute approximate surface area is 187 Å². The van der Waals surface area contributed by atoms with E-state index in [4.69, 9.17) is 14.1 Å². The number of hydrogen-bond acceptors (Lipinski definition) is 10. The SMILES string of the molecule is O=C(Nc1cc2oc(N3CCOCC3)nc2nc1N1CC[C@@H](O)C1)c1cnn2cccnc12. The number of hydrogen-bond donors (Lipinski definition) is 2. The van der Waals surface area contributed by atoms with Crippen molar-refractivity contribution in [3.63, 3.8) is 0 Å². The number of β-amino-alcohol motifs (C(OH)–C–C–N with tert-alkyl or cyclic N) is 1. The van der Waals surface area contributed by atoms with E-state index in [1.54, 1.807) is 29.0 Å². The van der Waals surface area contributed by atoms with Crippen molar-refractivity contribution in [2.24, 2.45) is 0 Å². The molecule has 33 heavy (non-hydrogen) atoms. The van der Waals surface area contributed by atoms with Crippen molar-refractivity contribution in [1.82, 2.24) is 24.6 Å². The number of anilines is 3. The average Bonchev–Trinajstić information content (AvgIpc) is 3.56. The summed E-state index contributed by atoms with van der Waals surface area (Å²) in [4.78, 5) is 30.6. The number of rotatable bonds is 4. The zero-order valence-electron chi connectivity index (χ0n) is 17.7. The molecule has 0 spiro atoms. The maximum absolute atomic E-state index is 13.1. The van der Waals surface area contributed by atoms with Crippen LogP contribution in [0.1, 0.15) is 16.8 Å². The van der Waals surface area contributed by atoms with Crippen LogP contribution >= 0.6 is 0 Å². The fraction of sp³-hybridized carbons (Fsp3) is 0.381. The minimum atomic E-state index is -0.448. The summed E-state index contributed by atoms with van der Waals surface area (Å²) in [5.41, 5.74) is 2.18. The average molecular weight is 450 g/mol. The number of oxazole rings is 1. The number of fused-ring (bicyclic) bond motifs is 2. The molecule has 0 unspecified atom stereocenters. The fourth-order valence-corrected chi connectivity index (χ4v) is 4.18. The Balaban J connectivity index is 1.38. The maximum Gasteiger partial charge on any atom is 0.300 e. The molecule has 6 heterocycles. The fourth-order valence-electron chi connectivity index (χ4n) is 4.18. The van der Waals surface area contributed by atoms with E-state index < -0.39 is 6.10 Å². The molecule has 0 aromatic carbocycles. The second kappa shape index (κ2) is 7.98. The van der Waals surface area contributed by atoms with E-state index in [2.05, 4.69) is 20.4 Å². The molecule has 2 N–H and O–H groups in total. The first-order valence-electron chi connectivity index (χ1n) is 10.8. The number of ether oxygens (including phenoxy) is 1. The van der Waals surface area contributed by atoms with Crippen molar-refractivity contribution in [3.8, 4) is 0 Å². The van der Waals surface area contributed by atoms with E-state index in [0.717, 1.165) is 0 Å². The highest BCUT2D eigenvalue weighted by molar-refractivity contribution is 6.09. The molecule has 12 heteroatoms. The number of nitrogens with one attached hydrogen (secondary N) is 1. The molecule has 4 aromatic rings. The molecule has 2 saturated heterocycles. The van der Waals surface area contributed by atoms with Crippen molar-refractivity contribution >= 4 is 40.3 Å². The smallest absolute Gasteiger partial charge is 0.300 e. The van der Waals surface area contributed by atoms with Gasteiger partial charge in [-0.15, -0.1) is 0 Å². The van der Waals surface area contributed by atoms with Crippen molar-refractivity contribution < 1.29 is 19.1 Å². The van der Waals surface area contributed by atoms with Crippen LogP contribution in [-0.4, -0.2) is 81.1 Å². The standard InChI is InChI=1S/C21H22N8O4/c30-13-2-5-28(12-13)19-15(24-20(31)14-11-23-29-4-1-3-22-18(14)29)10-16-17(25-19)26-21(33-16)27-6-8-32-9-7-27/h1,3-4,10-11,13,30H,2,5-9,12H2,(H,24,31)/t13-/m1/s1. The number of aromatic nitrogens is 5. The summed E-state index contributed by atoms with van der Waals surface area (Å²) in [5.74, 6) is 0.178. The van der Waals surface area contributed by atoms with Crippen LogP contribution in [0, 0.1) is 0 Å². The van der Waals surface area contributed by atoms with Crippen LogP contribution in [-0.2, 0) is 4.74 Å². The molecule has 2 aliphatic rings. The molecule has 0 saturated carbocycles. The lowest BCUT2D eigenvalue weighted by atomic mass is 10.2. The molecule has 170 valence electrons. The van der Waals surface area contributed by atoms with Gasteiger partial charge in [-0.05, 0) is 12.5 Å². The van der Waals surface area contributed by atoms with E-state index in [0.29, 0.717) is 85.8 Å². The Bertz CT molecular complexity index is 1330. The van der Waals surface area contributed by atoms with E-state index in [1.807, 2.05) is 9.80 Å². The molecule has 1 amide bonds. The van der Waals surface area contributed by atoms with Crippen LogP contribution in [0.25, 0.3) is 16.9 Å². The molecule has 12 nitrogen and oxygen atoms in total. The first-order chi connectivity index (χ1) is 16.2. The van der Waals surface area contributed by atoms with Crippen LogP contribution in [0.4, 0.5) is 17.5 Å². The maximum atomic E-state index is 13.1. The summed E-state index contributed by atoms with van der Waals surface area (Å²) in [6.45, 7) is 3.63. The summed E-state index contributed by atoms with van der Waals surface area (Å²) < 4.78 is 12.9. The molecule has 2 aliphatic heterocycles. The van der Waals surface area contributed by atoms with Gasteiger partial charge in [0.05, 0.1) is 31.2 Å². The van der Waals surface area contributed by atoms with Gasteiger partial charge in [-0.2, -0.15) is 10.1 Å². The van der Waals surface area contributed by atoms with Gasteiger partial charge in [-0.1, -0.05) is 0 Å². The lowest BCUT2D eigenvalue weighted by molar-refractivity contribution is 0.102. The third kappa shape index (κ3) is 3.62. The first kappa shape index (κ1) is 19.9. The van der Waals surface area contributed by atoms with Gasteiger partial charge in [-0.25, -0.2) is 14.5 Å². The second-order valence-electron chi connectivity index (χ2n) is 8.07. The number of amides is 1. The Morgan fingerprint density at radius 2 is 2.06 bits per heavy atom. The van der Waals surface area contributed by atoms with Crippen LogP contribution in [0.5, 0.6) is 0 Å². The monoisotopic (exact) mass is 450 g/mol. The lowest BCUT2D eigenvalue weighted by Crippen LogP contribution is -2.36. The normalized spacial score (nSPS) is 19.0. The summed E-state index contributed by atoms with van der Waals surface area (Å²) in [7, 11) is 0. The van der Waals surface area contributed by atoms with E-state index in [9.17, 15) is 9.90 Å². The number of carbonyl (C=O) groups is 1. The first-order valence-corrected chi connectivity index (χ1v) is 10.8. The summed E-state index contributed by atoms with van der Waals surface area (Å²) in [5, 5.41) is 17.2. The van der Waals surface area contributed by atoms with Gasteiger partial charge in [0.25, 0.3) is 11.9 Å². The van der Waals surface area contributed by atoms with Crippen LogP contribution in [0.2, 0.25) is 0 Å². The number of carbonyl (C=O) groups excluding carboxylic acids is 1. The van der Waals surface area contributed by atoms with Gasteiger partial charge in [0.1, 0.15) is 5.56 Å². The van der Waals surface area contributed by atoms with Crippen LogP contribution in [0.3, 0.4) is 0 Å². The van der Waals surface area contributed by atoms with Crippen molar-refractivity contribution in [2.45, 2.75) is 12.5 Å². The third-order valence-corrected chi connectivity index (χ3v) is 5.87. The van der Waals surface area contributed by atoms with Crippen molar-refractivity contribution in [2.75, 3.05) is 54.5 Å². The van der Waals surface area contributed by atoms with Gasteiger partial charge in [0, 0.05) is 44.6 Å². The predicted octanol–water partition coefficient (Wildman–Crippen LogP) is 0.925. The number of aliphatic hydroxyl groups is 1. The largest absolute Gasteiger partial charge is 0.422 e. The van der Waals surface area contributed by atoms with Gasteiger partial charge < -0.3 is 29.4 Å². The predicted molar refractivity (Wildman–Crippen MR) is 119 cm³/mol.